The van der Waals surface area contributed by atoms with Gasteiger partial charge in [-0.3, -0.25) is 9.79 Å². The van der Waals surface area contributed by atoms with Crippen LogP contribution in [0.25, 0.3) is 0 Å². The maximum Gasteiger partial charge on any atom is 0.239 e. The topological polar surface area (TPSA) is 74.8 Å². The molecular weight excluding hydrogens is 499 g/mol. The highest BCUT2D eigenvalue weighted by atomic mass is 127. The standard InChI is InChI=1S/C21H28N4O2S.HI/c1-16(28-19-7-5-4-6-8-19)13-24-21(22-2)25-15-20(26)23-14-17-9-11-18(27-3)12-10-17;/h4-12,16H,13-15H2,1-3H3,(H,23,26)(H2,22,24,25);1H. The molecule has 0 aliphatic heterocycles. The van der Waals surface area contributed by atoms with E-state index in [0.717, 1.165) is 17.9 Å². The number of carbonyl (C=O) groups is 1. The van der Waals surface area contributed by atoms with Gasteiger partial charge in [0.1, 0.15) is 5.75 Å². The van der Waals surface area contributed by atoms with Crippen LogP contribution in [0.2, 0.25) is 0 Å². The molecule has 0 radical (unpaired) electrons. The van der Waals surface area contributed by atoms with Crippen LogP contribution in [0.1, 0.15) is 12.5 Å². The number of thioether (sulfide) groups is 1. The maximum absolute atomic E-state index is 12.1. The van der Waals surface area contributed by atoms with Crippen molar-refractivity contribution in [2.75, 3.05) is 27.2 Å². The summed E-state index contributed by atoms with van der Waals surface area (Å²) < 4.78 is 5.13. The van der Waals surface area contributed by atoms with Crippen LogP contribution in [-0.4, -0.2) is 44.4 Å². The quantitative estimate of drug-likeness (QED) is 0.202. The number of nitrogens with zero attached hydrogens (tertiary/aromatic N) is 1. The van der Waals surface area contributed by atoms with Crippen LogP contribution < -0.4 is 20.7 Å². The van der Waals surface area contributed by atoms with Crippen molar-refractivity contribution in [2.45, 2.75) is 23.6 Å². The average molecular weight is 528 g/mol. The number of guanidine groups is 1. The van der Waals surface area contributed by atoms with Crippen molar-refractivity contribution in [1.82, 2.24) is 16.0 Å². The molecule has 2 aromatic carbocycles. The Bertz CT molecular complexity index is 757. The number of methoxy groups -OCH3 is 1. The number of nitrogens with one attached hydrogen (secondary N) is 3. The van der Waals surface area contributed by atoms with Gasteiger partial charge in [-0.2, -0.15) is 0 Å². The summed E-state index contributed by atoms with van der Waals surface area (Å²) in [6.07, 6.45) is 0. The van der Waals surface area contributed by atoms with Crippen LogP contribution in [-0.2, 0) is 11.3 Å². The number of hydrogen-bond donors (Lipinski definition) is 3. The number of rotatable bonds is 9. The molecule has 0 saturated carbocycles. The molecule has 0 bridgehead atoms. The van der Waals surface area contributed by atoms with E-state index >= 15 is 0 Å². The Balaban J connectivity index is 0.00000420. The third kappa shape index (κ3) is 9.89. The van der Waals surface area contributed by atoms with E-state index in [1.165, 1.54) is 4.90 Å². The van der Waals surface area contributed by atoms with Gasteiger partial charge in [-0.15, -0.1) is 35.7 Å². The predicted octanol–water partition coefficient (Wildman–Crippen LogP) is 3.28. The number of aliphatic imine (C=N–C) groups is 1. The van der Waals surface area contributed by atoms with Gasteiger partial charge in [-0.25, -0.2) is 0 Å². The van der Waals surface area contributed by atoms with Crippen LogP contribution >= 0.6 is 35.7 Å². The average Bonchev–Trinajstić information content (AvgIpc) is 2.73. The largest absolute Gasteiger partial charge is 0.497 e. The smallest absolute Gasteiger partial charge is 0.239 e. The first kappa shape index (κ1) is 25.1. The number of halogens is 1. The van der Waals surface area contributed by atoms with Crippen LogP contribution in [0.4, 0.5) is 0 Å². The van der Waals surface area contributed by atoms with Crippen LogP contribution in [0, 0.1) is 0 Å². The Labute approximate surface area is 194 Å². The number of hydrogen-bond acceptors (Lipinski definition) is 4. The van der Waals surface area contributed by atoms with Crippen LogP contribution in [0.3, 0.4) is 0 Å². The van der Waals surface area contributed by atoms with E-state index in [2.05, 4.69) is 40.0 Å². The predicted molar refractivity (Wildman–Crippen MR) is 131 cm³/mol. The van der Waals surface area contributed by atoms with Gasteiger partial charge in [0.2, 0.25) is 5.91 Å². The van der Waals surface area contributed by atoms with E-state index in [9.17, 15) is 4.79 Å². The minimum absolute atomic E-state index is 0. The van der Waals surface area contributed by atoms with Crippen LogP contribution in [0.5, 0.6) is 5.75 Å². The lowest BCUT2D eigenvalue weighted by Crippen LogP contribution is -2.44. The maximum atomic E-state index is 12.1. The van der Waals surface area contributed by atoms with Crippen molar-refractivity contribution in [3.8, 4) is 5.75 Å². The fraction of sp³-hybridized carbons (Fsp3) is 0.333. The molecule has 0 heterocycles. The summed E-state index contributed by atoms with van der Waals surface area (Å²) in [5.41, 5.74) is 1.02. The van der Waals surface area contributed by atoms with E-state index in [0.29, 0.717) is 17.8 Å². The number of ether oxygens (including phenoxy) is 1. The fourth-order valence-electron chi connectivity index (χ4n) is 2.40. The Kier molecular flexibility index (Phi) is 12.2. The Hall–Kier alpha value is -1.94. The molecule has 6 nitrogen and oxygen atoms in total. The lowest BCUT2D eigenvalue weighted by atomic mass is 10.2. The molecule has 1 atom stereocenters. The van der Waals surface area contributed by atoms with Gasteiger partial charge in [0, 0.05) is 30.3 Å². The molecule has 1 amide bonds. The second-order valence-electron chi connectivity index (χ2n) is 6.17. The number of carbonyl (C=O) groups excluding carboxylic acids is 1. The highest BCUT2D eigenvalue weighted by Gasteiger charge is 2.07. The summed E-state index contributed by atoms with van der Waals surface area (Å²) in [7, 11) is 3.32. The van der Waals surface area contributed by atoms with Gasteiger partial charge < -0.3 is 20.7 Å². The summed E-state index contributed by atoms with van der Waals surface area (Å²) in [6.45, 7) is 3.53. The SMILES string of the molecule is CN=C(NCC(=O)NCc1ccc(OC)cc1)NCC(C)Sc1ccccc1.I. The lowest BCUT2D eigenvalue weighted by Gasteiger charge is -2.16. The van der Waals surface area contributed by atoms with Crippen LogP contribution in [0.15, 0.2) is 64.5 Å². The molecule has 0 aromatic heterocycles. The molecule has 0 fully saturated rings. The van der Waals surface area contributed by atoms with Crippen molar-refractivity contribution in [3.05, 3.63) is 60.2 Å². The second kappa shape index (κ2) is 14.1. The Morgan fingerprint density at radius 3 is 2.38 bits per heavy atom. The van der Waals surface area contributed by atoms with Crippen molar-refractivity contribution in [2.24, 2.45) is 4.99 Å². The van der Waals surface area contributed by atoms with E-state index in [1.54, 1.807) is 25.9 Å². The van der Waals surface area contributed by atoms with Crippen molar-refractivity contribution >= 4 is 47.6 Å². The normalized spacial score (nSPS) is 11.8. The van der Waals surface area contributed by atoms with Crippen molar-refractivity contribution in [1.29, 1.82) is 0 Å². The number of amides is 1. The zero-order valence-electron chi connectivity index (χ0n) is 17.0. The molecule has 1 unspecified atom stereocenters. The molecule has 3 N–H and O–H groups in total. The first-order chi connectivity index (χ1) is 13.6. The van der Waals surface area contributed by atoms with Gasteiger partial charge >= 0.3 is 0 Å². The highest BCUT2D eigenvalue weighted by Crippen LogP contribution is 2.21. The molecule has 2 rings (SSSR count). The van der Waals surface area contributed by atoms with Gasteiger partial charge in [0.05, 0.1) is 13.7 Å². The number of benzene rings is 2. The minimum Gasteiger partial charge on any atom is -0.497 e. The summed E-state index contributed by atoms with van der Waals surface area (Å²) >= 11 is 1.80. The van der Waals surface area contributed by atoms with E-state index < -0.39 is 0 Å². The lowest BCUT2D eigenvalue weighted by molar-refractivity contribution is -0.120. The van der Waals surface area contributed by atoms with E-state index in [1.807, 2.05) is 42.5 Å². The fourth-order valence-corrected chi connectivity index (χ4v) is 3.35. The first-order valence-corrected chi connectivity index (χ1v) is 10.0. The van der Waals surface area contributed by atoms with Crippen molar-refractivity contribution < 1.29 is 9.53 Å². The van der Waals surface area contributed by atoms with E-state index in [-0.39, 0.29) is 36.4 Å². The van der Waals surface area contributed by atoms with Gasteiger partial charge in [-0.1, -0.05) is 37.3 Å². The second-order valence-corrected chi connectivity index (χ2v) is 7.68. The van der Waals surface area contributed by atoms with Gasteiger partial charge in [-0.05, 0) is 29.8 Å². The van der Waals surface area contributed by atoms with Gasteiger partial charge in [0.15, 0.2) is 5.96 Å². The van der Waals surface area contributed by atoms with Crippen molar-refractivity contribution in [3.63, 3.8) is 0 Å². The molecule has 0 spiro atoms. The molecule has 8 heteroatoms. The Morgan fingerprint density at radius 1 is 1.07 bits per heavy atom. The first-order valence-electron chi connectivity index (χ1n) is 9.16. The van der Waals surface area contributed by atoms with E-state index in [4.69, 9.17) is 4.74 Å². The van der Waals surface area contributed by atoms with Gasteiger partial charge in [0.25, 0.3) is 0 Å². The minimum atomic E-state index is -0.0922. The molecule has 2 aromatic rings. The molecule has 0 aliphatic carbocycles. The molecule has 0 aliphatic rings. The summed E-state index contributed by atoms with van der Waals surface area (Å²) in [5, 5.41) is 9.55. The summed E-state index contributed by atoms with van der Waals surface area (Å²) in [6, 6.07) is 17.9. The molecule has 0 saturated heterocycles. The Morgan fingerprint density at radius 2 is 1.76 bits per heavy atom. The summed E-state index contributed by atoms with van der Waals surface area (Å²) in [4.78, 5) is 17.5. The summed E-state index contributed by atoms with van der Waals surface area (Å²) in [5.74, 6) is 1.32. The zero-order chi connectivity index (χ0) is 20.2. The highest BCUT2D eigenvalue weighted by molar-refractivity contribution is 14.0. The third-order valence-corrected chi connectivity index (χ3v) is 5.04. The zero-order valence-corrected chi connectivity index (χ0v) is 20.1. The monoisotopic (exact) mass is 528 g/mol. The molecular formula is C21H29IN4O2S. The molecule has 29 heavy (non-hydrogen) atoms. The third-order valence-electron chi connectivity index (χ3n) is 3.93. The molecule has 158 valence electrons.